The molecule has 1 aliphatic heterocycles. The first-order valence-electron chi connectivity index (χ1n) is 11.3. The zero-order valence-electron chi connectivity index (χ0n) is 20.9. The molecule has 11 heteroatoms. The van der Waals surface area contributed by atoms with Crippen molar-refractivity contribution in [1.82, 2.24) is 24.3 Å². The van der Waals surface area contributed by atoms with Gasteiger partial charge in [-0.25, -0.2) is 17.5 Å². The van der Waals surface area contributed by atoms with Gasteiger partial charge in [-0.05, 0) is 31.7 Å². The Morgan fingerprint density at radius 1 is 1.29 bits per heavy atom. The molecule has 1 fully saturated rings. The number of carbonyl (C=O) groups is 2. The molecule has 2 heterocycles. The third kappa shape index (κ3) is 4.63. The lowest BCUT2D eigenvalue weighted by Crippen LogP contribution is -2.61. The smallest absolute Gasteiger partial charge is 0.407 e. The van der Waals surface area contributed by atoms with Crippen LogP contribution in [0.25, 0.3) is 10.9 Å². The lowest BCUT2D eigenvalue weighted by molar-refractivity contribution is 0.0206. The molecule has 1 aromatic heterocycles. The Balaban J connectivity index is 1.96. The maximum Gasteiger partial charge on any atom is 0.407 e. The lowest BCUT2D eigenvalue weighted by Gasteiger charge is -2.48. The van der Waals surface area contributed by atoms with Gasteiger partial charge in [0.1, 0.15) is 0 Å². The summed E-state index contributed by atoms with van der Waals surface area (Å²) in [4.78, 5) is 26.9. The van der Waals surface area contributed by atoms with E-state index in [1.807, 2.05) is 58.9 Å². The SMILES string of the molecule is CC(C)n1nc(C(=O)N[C@@H]2CN(C(=O)O)[C@](CN(C)S(C)(=O)=O)(C(C)(C)C)C2)c2ccccc21. The number of aromatic nitrogens is 2. The summed E-state index contributed by atoms with van der Waals surface area (Å²) in [7, 11) is -2.09. The molecule has 0 aliphatic carbocycles. The highest BCUT2D eigenvalue weighted by atomic mass is 32.2. The lowest BCUT2D eigenvalue weighted by atomic mass is 9.71. The number of likely N-dealkylation sites (N-methyl/N-ethyl adjacent to an activating group) is 1. The second-order valence-corrected chi connectivity index (χ2v) is 12.6. The molecular weight excluding hydrogens is 458 g/mol. The average Bonchev–Trinajstić information content (AvgIpc) is 3.26. The third-order valence-electron chi connectivity index (χ3n) is 6.83. The molecule has 1 saturated heterocycles. The number of para-hydroxylation sites is 1. The van der Waals surface area contributed by atoms with Crippen LogP contribution in [0.1, 0.15) is 57.6 Å². The topological polar surface area (TPSA) is 125 Å². The highest BCUT2D eigenvalue weighted by molar-refractivity contribution is 7.88. The molecule has 2 atom stereocenters. The van der Waals surface area contributed by atoms with Crippen molar-refractivity contribution in [3.8, 4) is 0 Å². The summed E-state index contributed by atoms with van der Waals surface area (Å²) >= 11 is 0. The van der Waals surface area contributed by atoms with E-state index in [4.69, 9.17) is 0 Å². The minimum absolute atomic E-state index is 0.0150. The Morgan fingerprint density at radius 3 is 2.44 bits per heavy atom. The zero-order valence-corrected chi connectivity index (χ0v) is 21.7. The van der Waals surface area contributed by atoms with Gasteiger partial charge in [-0.1, -0.05) is 39.0 Å². The molecule has 0 spiro atoms. The Hall–Kier alpha value is -2.66. The summed E-state index contributed by atoms with van der Waals surface area (Å²) < 4.78 is 27.3. The number of nitrogens with zero attached hydrogens (tertiary/aromatic N) is 4. The monoisotopic (exact) mass is 493 g/mol. The number of benzene rings is 1. The summed E-state index contributed by atoms with van der Waals surface area (Å²) in [6, 6.07) is 7.04. The van der Waals surface area contributed by atoms with E-state index < -0.39 is 33.1 Å². The van der Waals surface area contributed by atoms with Crippen molar-refractivity contribution in [2.24, 2.45) is 5.41 Å². The van der Waals surface area contributed by atoms with E-state index in [0.717, 1.165) is 17.2 Å². The minimum Gasteiger partial charge on any atom is -0.465 e. The van der Waals surface area contributed by atoms with Gasteiger partial charge in [0.15, 0.2) is 5.69 Å². The van der Waals surface area contributed by atoms with Crippen LogP contribution >= 0.6 is 0 Å². The highest BCUT2D eigenvalue weighted by Crippen LogP contribution is 2.44. The number of hydrogen-bond acceptors (Lipinski definition) is 5. The second kappa shape index (κ2) is 8.84. The number of likely N-dealkylation sites (tertiary alicyclic amines) is 1. The van der Waals surface area contributed by atoms with Crippen LogP contribution < -0.4 is 5.32 Å². The van der Waals surface area contributed by atoms with Crippen LogP contribution in [-0.4, -0.2) is 82.5 Å². The molecule has 2 amide bonds. The van der Waals surface area contributed by atoms with Gasteiger partial charge in [0.05, 0.1) is 17.3 Å². The van der Waals surface area contributed by atoms with E-state index in [1.165, 1.54) is 16.3 Å². The number of carboxylic acid groups (broad SMARTS) is 1. The molecule has 2 N–H and O–H groups in total. The summed E-state index contributed by atoms with van der Waals surface area (Å²) in [6.45, 7) is 9.68. The number of amides is 2. The molecule has 1 aliphatic rings. The van der Waals surface area contributed by atoms with Crippen molar-refractivity contribution in [2.75, 3.05) is 26.4 Å². The van der Waals surface area contributed by atoms with Gasteiger partial charge < -0.3 is 10.4 Å². The predicted molar refractivity (Wildman–Crippen MR) is 130 cm³/mol. The molecule has 188 valence electrons. The van der Waals surface area contributed by atoms with Gasteiger partial charge in [0, 0.05) is 37.6 Å². The fourth-order valence-electron chi connectivity index (χ4n) is 4.82. The molecule has 0 radical (unpaired) electrons. The van der Waals surface area contributed by atoms with E-state index in [-0.39, 0.29) is 37.2 Å². The van der Waals surface area contributed by atoms with Crippen molar-refractivity contribution in [2.45, 2.75) is 58.7 Å². The zero-order chi connectivity index (χ0) is 25.6. The molecule has 1 aromatic carbocycles. The average molecular weight is 494 g/mol. The number of carbonyl (C=O) groups excluding carboxylic acids is 1. The number of hydrogen-bond donors (Lipinski definition) is 2. The van der Waals surface area contributed by atoms with Gasteiger partial charge in [-0.2, -0.15) is 5.10 Å². The molecule has 3 rings (SSSR count). The Morgan fingerprint density at radius 2 is 1.91 bits per heavy atom. The third-order valence-corrected chi connectivity index (χ3v) is 8.10. The van der Waals surface area contributed by atoms with Crippen LogP contribution in [0, 0.1) is 5.41 Å². The van der Waals surface area contributed by atoms with Crippen LogP contribution in [0.2, 0.25) is 0 Å². The molecule has 34 heavy (non-hydrogen) atoms. The van der Waals surface area contributed by atoms with Gasteiger partial charge in [-0.15, -0.1) is 0 Å². The van der Waals surface area contributed by atoms with Crippen LogP contribution in [0.5, 0.6) is 0 Å². The molecule has 10 nitrogen and oxygen atoms in total. The summed E-state index contributed by atoms with van der Waals surface area (Å²) in [5, 5.41) is 18.3. The fraction of sp³-hybridized carbons (Fsp3) is 0.609. The fourth-order valence-corrected chi connectivity index (χ4v) is 5.27. The number of fused-ring (bicyclic) bond motifs is 1. The van der Waals surface area contributed by atoms with Crippen LogP contribution in [0.15, 0.2) is 24.3 Å². The molecule has 0 bridgehead atoms. The van der Waals surface area contributed by atoms with Crippen molar-refractivity contribution in [3.63, 3.8) is 0 Å². The first kappa shape index (κ1) is 26.0. The minimum atomic E-state index is -3.54. The van der Waals surface area contributed by atoms with Crippen LogP contribution in [0.4, 0.5) is 4.79 Å². The van der Waals surface area contributed by atoms with Crippen molar-refractivity contribution in [3.05, 3.63) is 30.0 Å². The normalized spacial score (nSPS) is 21.6. The van der Waals surface area contributed by atoms with Gasteiger partial charge in [0.25, 0.3) is 5.91 Å². The van der Waals surface area contributed by atoms with Crippen LogP contribution in [0.3, 0.4) is 0 Å². The van der Waals surface area contributed by atoms with Gasteiger partial charge >= 0.3 is 6.09 Å². The Bertz CT molecular complexity index is 1200. The van der Waals surface area contributed by atoms with Gasteiger partial charge in [-0.3, -0.25) is 14.4 Å². The molecule has 2 aromatic rings. The summed E-state index contributed by atoms with van der Waals surface area (Å²) in [5.74, 6) is -0.382. The standard InChI is InChI=1S/C23H35N5O5S/c1-15(2)28-18-11-9-8-10-17(18)19(25-28)20(29)24-16-12-23(22(3,4)5,27(13-16)21(30)31)14-26(6)34(7,32)33/h8-11,15-16H,12-14H2,1-7H3,(H,24,29)(H,30,31)/t16-,23+/m0/s1. The molecule has 0 unspecified atom stereocenters. The van der Waals surface area contributed by atoms with E-state index >= 15 is 0 Å². The first-order valence-corrected chi connectivity index (χ1v) is 13.1. The van der Waals surface area contributed by atoms with Crippen molar-refractivity contribution >= 4 is 32.9 Å². The number of rotatable bonds is 6. The maximum absolute atomic E-state index is 13.3. The largest absolute Gasteiger partial charge is 0.465 e. The van der Waals surface area contributed by atoms with E-state index in [1.54, 1.807) is 4.68 Å². The highest BCUT2D eigenvalue weighted by Gasteiger charge is 2.56. The second-order valence-electron chi connectivity index (χ2n) is 10.5. The van der Waals surface area contributed by atoms with E-state index in [0.29, 0.717) is 0 Å². The van der Waals surface area contributed by atoms with Crippen molar-refractivity contribution < 1.29 is 23.1 Å². The number of nitrogens with one attached hydrogen (secondary N) is 1. The molecular formula is C23H35N5O5S. The summed E-state index contributed by atoms with van der Waals surface area (Å²) in [5.41, 5.74) is -0.503. The predicted octanol–water partition coefficient (Wildman–Crippen LogP) is 2.78. The first-order chi connectivity index (χ1) is 15.6. The summed E-state index contributed by atoms with van der Waals surface area (Å²) in [6.07, 6.45) is 0.221. The number of sulfonamides is 1. The molecule has 0 saturated carbocycles. The van der Waals surface area contributed by atoms with Crippen molar-refractivity contribution in [1.29, 1.82) is 0 Å². The van der Waals surface area contributed by atoms with E-state index in [2.05, 4.69) is 10.4 Å². The Kier molecular flexibility index (Phi) is 6.75. The Labute approximate surface area is 201 Å². The quantitative estimate of drug-likeness (QED) is 0.638. The van der Waals surface area contributed by atoms with Crippen LogP contribution in [-0.2, 0) is 10.0 Å². The van der Waals surface area contributed by atoms with Gasteiger partial charge in [0.2, 0.25) is 10.0 Å². The maximum atomic E-state index is 13.3. The van der Waals surface area contributed by atoms with E-state index in [9.17, 15) is 23.1 Å².